The number of aryl methyl sites for hydroxylation is 1. The lowest BCUT2D eigenvalue weighted by atomic mass is 10.1. The van der Waals surface area contributed by atoms with Crippen LogP contribution >= 0.6 is 0 Å². The Morgan fingerprint density at radius 1 is 1.00 bits per heavy atom. The second kappa shape index (κ2) is 4.80. The molecule has 94 valence electrons. The van der Waals surface area contributed by atoms with Gasteiger partial charge < -0.3 is 4.90 Å². The summed E-state index contributed by atoms with van der Waals surface area (Å²) in [4.78, 5) is 2.49. The SMILES string of the molecule is Cc1cc(-n2cnnc2)ccc1N1CCCCC1. The minimum Gasteiger partial charge on any atom is -0.371 e. The van der Waals surface area contributed by atoms with Gasteiger partial charge in [0.15, 0.2) is 0 Å². The Kier molecular flexibility index (Phi) is 3.00. The number of piperidine rings is 1. The molecular formula is C14H18N4. The summed E-state index contributed by atoms with van der Waals surface area (Å²) in [5.41, 5.74) is 3.81. The number of rotatable bonds is 2. The minimum atomic E-state index is 1.12. The zero-order valence-electron chi connectivity index (χ0n) is 10.7. The molecule has 4 nitrogen and oxygen atoms in total. The average Bonchev–Trinajstić information content (AvgIpc) is 2.93. The number of aromatic nitrogens is 3. The van der Waals surface area contributed by atoms with Crippen LogP contribution in [0.15, 0.2) is 30.9 Å². The number of benzene rings is 1. The Morgan fingerprint density at radius 2 is 1.72 bits per heavy atom. The van der Waals surface area contributed by atoms with E-state index >= 15 is 0 Å². The molecule has 0 N–H and O–H groups in total. The van der Waals surface area contributed by atoms with Crippen LogP contribution in [0.3, 0.4) is 0 Å². The van der Waals surface area contributed by atoms with Crippen LogP contribution in [0.4, 0.5) is 5.69 Å². The molecule has 0 aliphatic carbocycles. The van der Waals surface area contributed by atoms with Gasteiger partial charge in [0.05, 0.1) is 0 Å². The Hall–Kier alpha value is -1.84. The van der Waals surface area contributed by atoms with E-state index in [9.17, 15) is 0 Å². The number of anilines is 1. The van der Waals surface area contributed by atoms with Crippen molar-refractivity contribution in [1.29, 1.82) is 0 Å². The van der Waals surface area contributed by atoms with E-state index in [1.807, 2.05) is 4.57 Å². The van der Waals surface area contributed by atoms with Gasteiger partial charge >= 0.3 is 0 Å². The highest BCUT2D eigenvalue weighted by Crippen LogP contribution is 2.25. The van der Waals surface area contributed by atoms with E-state index in [0.717, 1.165) is 5.69 Å². The first-order valence-electron chi connectivity index (χ1n) is 6.55. The molecule has 2 aromatic rings. The molecule has 1 aromatic carbocycles. The van der Waals surface area contributed by atoms with E-state index in [0.29, 0.717) is 0 Å². The lowest BCUT2D eigenvalue weighted by Crippen LogP contribution is -2.29. The predicted octanol–water partition coefficient (Wildman–Crippen LogP) is 2.57. The zero-order valence-corrected chi connectivity index (χ0v) is 10.7. The average molecular weight is 242 g/mol. The van der Waals surface area contributed by atoms with Crippen molar-refractivity contribution in [3.05, 3.63) is 36.4 Å². The first kappa shape index (κ1) is 11.3. The molecule has 0 atom stereocenters. The molecule has 1 aliphatic heterocycles. The van der Waals surface area contributed by atoms with E-state index in [4.69, 9.17) is 0 Å². The van der Waals surface area contributed by atoms with Crippen LogP contribution in [0.5, 0.6) is 0 Å². The molecule has 18 heavy (non-hydrogen) atoms. The quantitative estimate of drug-likeness (QED) is 0.811. The van der Waals surface area contributed by atoms with Crippen LogP contribution in [-0.4, -0.2) is 27.9 Å². The van der Waals surface area contributed by atoms with Crippen molar-refractivity contribution in [2.75, 3.05) is 18.0 Å². The summed E-state index contributed by atoms with van der Waals surface area (Å²) in [7, 11) is 0. The maximum atomic E-state index is 3.84. The molecule has 0 bridgehead atoms. The van der Waals surface area contributed by atoms with E-state index in [1.165, 1.54) is 43.6 Å². The fraction of sp³-hybridized carbons (Fsp3) is 0.429. The smallest absolute Gasteiger partial charge is 0.123 e. The van der Waals surface area contributed by atoms with Crippen molar-refractivity contribution >= 4 is 5.69 Å². The van der Waals surface area contributed by atoms with Gasteiger partial charge in [-0.3, -0.25) is 4.57 Å². The molecule has 1 fully saturated rings. The van der Waals surface area contributed by atoms with Gasteiger partial charge in [-0.25, -0.2) is 0 Å². The third kappa shape index (κ3) is 2.10. The summed E-state index contributed by atoms with van der Waals surface area (Å²) >= 11 is 0. The van der Waals surface area contributed by atoms with Gasteiger partial charge in [-0.15, -0.1) is 10.2 Å². The highest BCUT2D eigenvalue weighted by atomic mass is 15.2. The Bertz CT molecular complexity index is 513. The topological polar surface area (TPSA) is 34.0 Å². The lowest BCUT2D eigenvalue weighted by Gasteiger charge is -2.30. The standard InChI is InChI=1S/C14H18N4/c1-12-9-13(18-10-15-16-11-18)5-6-14(12)17-7-3-2-4-8-17/h5-6,9-11H,2-4,7-8H2,1H3. The number of hydrogen-bond donors (Lipinski definition) is 0. The highest BCUT2D eigenvalue weighted by molar-refractivity contribution is 5.57. The monoisotopic (exact) mass is 242 g/mol. The molecule has 0 saturated carbocycles. The molecule has 0 radical (unpaired) electrons. The van der Waals surface area contributed by atoms with Crippen LogP contribution in [0, 0.1) is 6.92 Å². The maximum absolute atomic E-state index is 3.84. The zero-order chi connectivity index (χ0) is 12.4. The Balaban J connectivity index is 1.89. The summed E-state index contributed by atoms with van der Waals surface area (Å²) in [5.74, 6) is 0. The predicted molar refractivity (Wildman–Crippen MR) is 72.2 cm³/mol. The lowest BCUT2D eigenvalue weighted by molar-refractivity contribution is 0.577. The molecule has 2 heterocycles. The third-order valence-electron chi connectivity index (χ3n) is 3.59. The largest absolute Gasteiger partial charge is 0.371 e. The van der Waals surface area contributed by atoms with Gasteiger partial charge in [0.1, 0.15) is 12.7 Å². The van der Waals surface area contributed by atoms with Gasteiger partial charge in [0, 0.05) is 24.5 Å². The first-order chi connectivity index (χ1) is 8.84. The molecule has 1 aromatic heterocycles. The minimum absolute atomic E-state index is 1.12. The van der Waals surface area contributed by atoms with Crippen molar-refractivity contribution in [3.8, 4) is 5.69 Å². The summed E-state index contributed by atoms with van der Waals surface area (Å²) in [5, 5.41) is 7.69. The number of hydrogen-bond acceptors (Lipinski definition) is 3. The molecule has 0 unspecified atom stereocenters. The summed E-state index contributed by atoms with van der Waals surface area (Å²) < 4.78 is 1.94. The second-order valence-electron chi connectivity index (χ2n) is 4.89. The fourth-order valence-corrected chi connectivity index (χ4v) is 2.62. The molecular weight excluding hydrogens is 224 g/mol. The van der Waals surface area contributed by atoms with Crippen LogP contribution in [-0.2, 0) is 0 Å². The fourth-order valence-electron chi connectivity index (χ4n) is 2.62. The van der Waals surface area contributed by atoms with Crippen LogP contribution in [0.25, 0.3) is 5.69 Å². The second-order valence-corrected chi connectivity index (χ2v) is 4.89. The van der Waals surface area contributed by atoms with Crippen molar-refractivity contribution < 1.29 is 0 Å². The van der Waals surface area contributed by atoms with E-state index in [-0.39, 0.29) is 0 Å². The molecule has 0 amide bonds. The van der Waals surface area contributed by atoms with E-state index < -0.39 is 0 Å². The molecule has 0 spiro atoms. The summed E-state index contributed by atoms with van der Waals surface area (Å²) in [6, 6.07) is 6.56. The summed E-state index contributed by atoms with van der Waals surface area (Å²) in [6.45, 7) is 4.55. The molecule has 1 saturated heterocycles. The van der Waals surface area contributed by atoms with Crippen LogP contribution in [0.2, 0.25) is 0 Å². The van der Waals surface area contributed by atoms with E-state index in [1.54, 1.807) is 12.7 Å². The maximum Gasteiger partial charge on any atom is 0.123 e. The van der Waals surface area contributed by atoms with Crippen LogP contribution < -0.4 is 4.90 Å². The number of nitrogens with zero attached hydrogens (tertiary/aromatic N) is 4. The van der Waals surface area contributed by atoms with Crippen molar-refractivity contribution in [2.45, 2.75) is 26.2 Å². The molecule has 1 aliphatic rings. The summed E-state index contributed by atoms with van der Waals surface area (Å²) in [6.07, 6.45) is 7.46. The third-order valence-corrected chi connectivity index (χ3v) is 3.59. The van der Waals surface area contributed by atoms with Gasteiger partial charge in [-0.1, -0.05) is 0 Å². The Morgan fingerprint density at radius 3 is 2.39 bits per heavy atom. The molecule has 3 rings (SSSR count). The van der Waals surface area contributed by atoms with Crippen molar-refractivity contribution in [3.63, 3.8) is 0 Å². The van der Waals surface area contributed by atoms with Gasteiger partial charge in [0.25, 0.3) is 0 Å². The first-order valence-corrected chi connectivity index (χ1v) is 6.55. The van der Waals surface area contributed by atoms with E-state index in [2.05, 4.69) is 40.2 Å². The molecule has 4 heteroatoms. The van der Waals surface area contributed by atoms with Gasteiger partial charge in [-0.2, -0.15) is 0 Å². The van der Waals surface area contributed by atoms with Crippen molar-refractivity contribution in [1.82, 2.24) is 14.8 Å². The Labute approximate surface area is 107 Å². The van der Waals surface area contributed by atoms with Gasteiger partial charge in [0.2, 0.25) is 0 Å². The van der Waals surface area contributed by atoms with Crippen molar-refractivity contribution in [2.24, 2.45) is 0 Å². The van der Waals surface area contributed by atoms with Gasteiger partial charge in [-0.05, 0) is 49.9 Å². The highest BCUT2D eigenvalue weighted by Gasteiger charge is 2.13. The van der Waals surface area contributed by atoms with Crippen LogP contribution in [0.1, 0.15) is 24.8 Å². The normalized spacial score (nSPS) is 15.9.